The van der Waals surface area contributed by atoms with E-state index in [2.05, 4.69) is 27.9 Å². The zero-order valence-corrected chi connectivity index (χ0v) is 28.6. The van der Waals surface area contributed by atoms with Gasteiger partial charge in [0.15, 0.2) is 0 Å². The molecule has 0 aliphatic rings. The molecule has 7 nitrogen and oxygen atoms in total. The van der Waals surface area contributed by atoms with Crippen molar-refractivity contribution in [3.63, 3.8) is 0 Å². The zero-order valence-electron chi connectivity index (χ0n) is 24.2. The Morgan fingerprint density at radius 1 is 0.818 bits per heavy atom. The van der Waals surface area contributed by atoms with Gasteiger partial charge in [-0.25, -0.2) is 8.42 Å². The van der Waals surface area contributed by atoms with Gasteiger partial charge in [0.25, 0.3) is 10.0 Å². The maximum absolute atomic E-state index is 14.5. The second-order valence-electron chi connectivity index (χ2n) is 10.4. The molecule has 1 unspecified atom stereocenters. The Hall–Kier alpha value is -3.12. The van der Waals surface area contributed by atoms with Gasteiger partial charge in [0, 0.05) is 38.2 Å². The average Bonchev–Trinajstić information content (AvgIpc) is 3.00. The highest BCUT2D eigenvalue weighted by molar-refractivity contribution is 14.1. The summed E-state index contributed by atoms with van der Waals surface area (Å²) >= 11 is 15.2. The van der Waals surface area contributed by atoms with Crippen LogP contribution in [0.25, 0.3) is 0 Å². The summed E-state index contributed by atoms with van der Waals surface area (Å²) in [6.45, 7) is 2.98. The molecule has 4 aromatic carbocycles. The number of halogens is 3. The molecule has 44 heavy (non-hydrogen) atoms. The van der Waals surface area contributed by atoms with Crippen LogP contribution < -0.4 is 9.62 Å². The first-order valence-corrected chi connectivity index (χ1v) is 17.1. The highest BCUT2D eigenvalue weighted by atomic mass is 127. The number of hydrogen-bond donors (Lipinski definition) is 1. The van der Waals surface area contributed by atoms with Gasteiger partial charge in [0.05, 0.1) is 10.6 Å². The monoisotopic (exact) mass is 763 g/mol. The Bertz CT molecular complexity index is 1670. The first-order chi connectivity index (χ1) is 21.0. The van der Waals surface area contributed by atoms with Gasteiger partial charge in [0.2, 0.25) is 11.8 Å². The Kier molecular flexibility index (Phi) is 11.7. The predicted octanol–water partition coefficient (Wildman–Crippen LogP) is 6.96. The fraction of sp³-hybridized carbons (Fsp3) is 0.212. The van der Waals surface area contributed by atoms with Gasteiger partial charge in [-0.2, -0.15) is 0 Å². The average molecular weight is 765 g/mol. The minimum atomic E-state index is -4.18. The van der Waals surface area contributed by atoms with Crippen molar-refractivity contribution in [3.8, 4) is 0 Å². The van der Waals surface area contributed by atoms with Crippen molar-refractivity contribution >= 4 is 73.3 Å². The van der Waals surface area contributed by atoms with E-state index in [1.165, 1.54) is 17.0 Å². The number of nitrogens with one attached hydrogen (secondary N) is 1. The molecule has 11 heteroatoms. The second kappa shape index (κ2) is 15.2. The first-order valence-electron chi connectivity index (χ1n) is 13.9. The summed E-state index contributed by atoms with van der Waals surface area (Å²) in [6.07, 6.45) is 0.183. The number of anilines is 1. The van der Waals surface area contributed by atoms with Gasteiger partial charge in [0.1, 0.15) is 12.6 Å². The van der Waals surface area contributed by atoms with Crippen LogP contribution in [0.4, 0.5) is 5.69 Å². The van der Waals surface area contributed by atoms with Crippen molar-refractivity contribution in [1.29, 1.82) is 0 Å². The van der Waals surface area contributed by atoms with E-state index >= 15 is 0 Å². The molecule has 0 aromatic heterocycles. The summed E-state index contributed by atoms with van der Waals surface area (Å²) in [5.41, 5.74) is 1.58. The topological polar surface area (TPSA) is 86.8 Å². The van der Waals surface area contributed by atoms with E-state index in [1.54, 1.807) is 60.7 Å². The first kappa shape index (κ1) is 33.8. The molecule has 4 rings (SSSR count). The van der Waals surface area contributed by atoms with Gasteiger partial charge in [-0.3, -0.25) is 13.9 Å². The molecule has 230 valence electrons. The summed E-state index contributed by atoms with van der Waals surface area (Å²) in [5, 5.41) is 3.58. The van der Waals surface area contributed by atoms with Crippen molar-refractivity contribution in [2.75, 3.05) is 10.8 Å². The molecule has 4 aromatic rings. The third kappa shape index (κ3) is 8.53. The number of nitrogens with zero attached hydrogens (tertiary/aromatic N) is 2. The third-order valence-electron chi connectivity index (χ3n) is 6.82. The minimum absolute atomic E-state index is 0.0328. The van der Waals surface area contributed by atoms with Crippen LogP contribution in [0, 0.1) is 3.57 Å². The molecule has 0 aliphatic heterocycles. The van der Waals surface area contributed by atoms with Crippen LogP contribution in [0.15, 0.2) is 108 Å². The van der Waals surface area contributed by atoms with E-state index in [0.717, 1.165) is 13.4 Å². The largest absolute Gasteiger partial charge is 0.352 e. The number of carbonyl (C=O) groups excluding carboxylic acids is 2. The number of benzene rings is 4. The van der Waals surface area contributed by atoms with Crippen molar-refractivity contribution < 1.29 is 18.0 Å². The molecule has 0 fully saturated rings. The number of amides is 2. The van der Waals surface area contributed by atoms with Gasteiger partial charge < -0.3 is 10.2 Å². The molecule has 0 bridgehead atoms. The summed E-state index contributed by atoms with van der Waals surface area (Å²) in [7, 11) is -4.18. The maximum Gasteiger partial charge on any atom is 0.264 e. The smallest absolute Gasteiger partial charge is 0.264 e. The molecule has 0 aliphatic carbocycles. The van der Waals surface area contributed by atoms with E-state index < -0.39 is 28.5 Å². The fourth-order valence-electron chi connectivity index (χ4n) is 4.64. The number of rotatable bonds is 12. The number of hydrogen-bond acceptors (Lipinski definition) is 4. The minimum Gasteiger partial charge on any atom is -0.352 e. The molecule has 0 saturated carbocycles. The van der Waals surface area contributed by atoms with Crippen LogP contribution in [-0.4, -0.2) is 43.8 Å². The lowest BCUT2D eigenvalue weighted by Gasteiger charge is -2.34. The molecular weight excluding hydrogens is 732 g/mol. The molecular formula is C33H32Cl2IN3O4S. The summed E-state index contributed by atoms with van der Waals surface area (Å²) in [6, 6.07) is 27.9. The molecule has 0 saturated heterocycles. The number of carbonyl (C=O) groups is 2. The highest BCUT2D eigenvalue weighted by Gasteiger charge is 2.35. The molecule has 0 radical (unpaired) electrons. The number of sulfonamides is 1. The standard InChI is InChI=1S/C33H32Cl2IN3O4S/c1-23(2)37-33(41)31(20-24-10-5-3-6-11-24)38(21-28-29(34)14-9-15-30(28)35)32(40)22-39(26-18-16-25(36)17-19-26)44(42,43)27-12-7-4-8-13-27/h3-19,23,31H,20-22H2,1-2H3,(H,37,41). The van der Waals surface area contributed by atoms with Gasteiger partial charge >= 0.3 is 0 Å². The summed E-state index contributed by atoms with van der Waals surface area (Å²) in [4.78, 5) is 29.7. The Balaban J connectivity index is 1.83. The molecule has 0 heterocycles. The Labute approximate surface area is 282 Å². The van der Waals surface area contributed by atoms with E-state index in [9.17, 15) is 18.0 Å². The normalized spacial score (nSPS) is 12.0. The fourth-order valence-corrected chi connectivity index (χ4v) is 6.96. The van der Waals surface area contributed by atoms with Gasteiger partial charge in [-0.1, -0.05) is 77.8 Å². The molecule has 2 amide bonds. The van der Waals surface area contributed by atoms with Gasteiger partial charge in [-0.15, -0.1) is 0 Å². The van der Waals surface area contributed by atoms with Crippen LogP contribution >= 0.6 is 45.8 Å². The lowest BCUT2D eigenvalue weighted by molar-refractivity contribution is -0.140. The van der Waals surface area contributed by atoms with Crippen LogP contribution in [-0.2, 0) is 32.6 Å². The van der Waals surface area contributed by atoms with Crippen molar-refractivity contribution in [2.24, 2.45) is 0 Å². The quantitative estimate of drug-likeness (QED) is 0.158. The lowest BCUT2D eigenvalue weighted by atomic mass is 10.0. The van der Waals surface area contributed by atoms with Gasteiger partial charge in [-0.05, 0) is 90.5 Å². The van der Waals surface area contributed by atoms with Crippen molar-refractivity contribution in [1.82, 2.24) is 10.2 Å². The zero-order chi connectivity index (χ0) is 31.9. The Morgan fingerprint density at radius 3 is 1.95 bits per heavy atom. The van der Waals surface area contributed by atoms with Crippen molar-refractivity contribution in [3.05, 3.63) is 128 Å². The summed E-state index contributed by atoms with van der Waals surface area (Å²) < 4.78 is 30.0. The van der Waals surface area contributed by atoms with Crippen LogP contribution in [0.3, 0.4) is 0 Å². The predicted molar refractivity (Wildman–Crippen MR) is 184 cm³/mol. The Morgan fingerprint density at radius 2 is 1.39 bits per heavy atom. The molecule has 1 N–H and O–H groups in total. The maximum atomic E-state index is 14.5. The molecule has 0 spiro atoms. The summed E-state index contributed by atoms with van der Waals surface area (Å²) in [5.74, 6) is -0.981. The van der Waals surface area contributed by atoms with E-state index in [4.69, 9.17) is 23.2 Å². The van der Waals surface area contributed by atoms with E-state index in [0.29, 0.717) is 21.3 Å². The van der Waals surface area contributed by atoms with Crippen LogP contribution in [0.1, 0.15) is 25.0 Å². The van der Waals surface area contributed by atoms with E-state index in [1.807, 2.05) is 44.2 Å². The highest BCUT2D eigenvalue weighted by Crippen LogP contribution is 2.29. The SMILES string of the molecule is CC(C)NC(=O)C(Cc1ccccc1)N(Cc1c(Cl)cccc1Cl)C(=O)CN(c1ccc(I)cc1)S(=O)(=O)c1ccccc1. The van der Waals surface area contributed by atoms with Crippen LogP contribution in [0.2, 0.25) is 10.0 Å². The third-order valence-corrected chi connectivity index (χ3v) is 10.0. The van der Waals surface area contributed by atoms with Crippen molar-refractivity contribution in [2.45, 2.75) is 43.8 Å². The molecule has 1 atom stereocenters. The lowest BCUT2D eigenvalue weighted by Crippen LogP contribution is -2.54. The van der Waals surface area contributed by atoms with E-state index in [-0.39, 0.29) is 29.8 Å². The second-order valence-corrected chi connectivity index (χ2v) is 14.3. The van der Waals surface area contributed by atoms with Crippen LogP contribution in [0.5, 0.6) is 0 Å².